The van der Waals surface area contributed by atoms with Gasteiger partial charge in [-0.3, -0.25) is 9.59 Å². The quantitative estimate of drug-likeness (QED) is 0.157. The summed E-state index contributed by atoms with van der Waals surface area (Å²) in [6.07, 6.45) is 1.46. The van der Waals surface area contributed by atoms with Crippen LogP contribution in [-0.2, 0) is 4.79 Å². The van der Waals surface area contributed by atoms with Gasteiger partial charge in [-0.1, -0.05) is 49.2 Å². The molecule has 0 saturated heterocycles. The monoisotopic (exact) mass is 537 g/mol. The standard InChI is InChI=1S/C28H25Cl2N3O4/c1-15(2)20-13-21(16(3)10-25(20)36-5)27-32-24-9-7-6-8-19(24)28(35)33(27)31-14-18-11-22(29)26(23(30)12-18)37-17(4)34/h6-15H,1-5H3. The van der Waals surface area contributed by atoms with E-state index in [1.807, 2.05) is 25.1 Å². The molecule has 0 aliphatic heterocycles. The van der Waals surface area contributed by atoms with E-state index >= 15 is 0 Å². The summed E-state index contributed by atoms with van der Waals surface area (Å²) in [5.74, 6) is 0.855. The van der Waals surface area contributed by atoms with Gasteiger partial charge in [0.25, 0.3) is 5.56 Å². The maximum Gasteiger partial charge on any atom is 0.308 e. The van der Waals surface area contributed by atoms with E-state index in [0.717, 1.165) is 22.4 Å². The molecule has 0 unspecified atom stereocenters. The first-order valence-corrected chi connectivity index (χ1v) is 12.3. The van der Waals surface area contributed by atoms with Crippen LogP contribution in [0.5, 0.6) is 11.5 Å². The molecule has 1 aromatic heterocycles. The van der Waals surface area contributed by atoms with E-state index in [-0.39, 0.29) is 27.3 Å². The van der Waals surface area contributed by atoms with Crippen molar-refractivity contribution < 1.29 is 14.3 Å². The van der Waals surface area contributed by atoms with Crippen LogP contribution in [0.2, 0.25) is 10.0 Å². The lowest BCUT2D eigenvalue weighted by Gasteiger charge is -2.17. The Morgan fingerprint density at radius 3 is 2.41 bits per heavy atom. The molecule has 4 rings (SSSR count). The van der Waals surface area contributed by atoms with Crippen molar-refractivity contribution in [3.05, 3.63) is 85.6 Å². The minimum atomic E-state index is -0.542. The Hall–Kier alpha value is -3.68. The molecule has 0 amide bonds. The van der Waals surface area contributed by atoms with Gasteiger partial charge < -0.3 is 9.47 Å². The summed E-state index contributed by atoms with van der Waals surface area (Å²) in [5, 5.41) is 5.20. The molecule has 7 nitrogen and oxygen atoms in total. The number of aryl methyl sites for hydroxylation is 1. The van der Waals surface area contributed by atoms with E-state index in [1.54, 1.807) is 37.4 Å². The molecule has 0 radical (unpaired) electrons. The van der Waals surface area contributed by atoms with Gasteiger partial charge in [-0.2, -0.15) is 9.78 Å². The van der Waals surface area contributed by atoms with Gasteiger partial charge in [0.2, 0.25) is 0 Å². The van der Waals surface area contributed by atoms with E-state index in [0.29, 0.717) is 22.3 Å². The zero-order valence-electron chi connectivity index (χ0n) is 21.0. The highest BCUT2D eigenvalue weighted by Crippen LogP contribution is 2.35. The predicted molar refractivity (Wildman–Crippen MR) is 148 cm³/mol. The molecule has 9 heteroatoms. The number of hydrogen-bond acceptors (Lipinski definition) is 6. The average Bonchev–Trinajstić information content (AvgIpc) is 2.85. The number of rotatable bonds is 6. The van der Waals surface area contributed by atoms with Crippen LogP contribution >= 0.6 is 23.2 Å². The highest BCUT2D eigenvalue weighted by Gasteiger charge is 2.18. The van der Waals surface area contributed by atoms with Crippen molar-refractivity contribution in [2.75, 3.05) is 7.11 Å². The van der Waals surface area contributed by atoms with Crippen LogP contribution in [0.25, 0.3) is 22.3 Å². The van der Waals surface area contributed by atoms with Gasteiger partial charge in [-0.15, -0.1) is 0 Å². The summed E-state index contributed by atoms with van der Waals surface area (Å²) in [6.45, 7) is 7.34. The number of esters is 1. The number of carbonyl (C=O) groups excluding carboxylic acids is 1. The van der Waals surface area contributed by atoms with Gasteiger partial charge in [0.05, 0.1) is 34.3 Å². The summed E-state index contributed by atoms with van der Waals surface area (Å²) < 4.78 is 11.9. The van der Waals surface area contributed by atoms with Crippen LogP contribution < -0.4 is 15.0 Å². The van der Waals surface area contributed by atoms with E-state index in [2.05, 4.69) is 18.9 Å². The van der Waals surface area contributed by atoms with Crippen LogP contribution in [-0.4, -0.2) is 29.0 Å². The number of nitrogens with zero attached hydrogens (tertiary/aromatic N) is 3. The molecule has 0 saturated carbocycles. The van der Waals surface area contributed by atoms with Crippen molar-refractivity contribution in [3.63, 3.8) is 0 Å². The van der Waals surface area contributed by atoms with Crippen molar-refractivity contribution >= 4 is 46.3 Å². The summed E-state index contributed by atoms with van der Waals surface area (Å²) in [6, 6.07) is 14.1. The highest BCUT2D eigenvalue weighted by atomic mass is 35.5. The first kappa shape index (κ1) is 26.4. The van der Waals surface area contributed by atoms with Crippen LogP contribution in [0.1, 0.15) is 43.4 Å². The smallest absolute Gasteiger partial charge is 0.308 e. The molecule has 37 heavy (non-hydrogen) atoms. The van der Waals surface area contributed by atoms with Crippen molar-refractivity contribution in [3.8, 4) is 22.9 Å². The Morgan fingerprint density at radius 2 is 1.78 bits per heavy atom. The van der Waals surface area contributed by atoms with Gasteiger partial charge in [-0.25, -0.2) is 4.98 Å². The summed E-state index contributed by atoms with van der Waals surface area (Å²) >= 11 is 12.6. The van der Waals surface area contributed by atoms with Gasteiger partial charge >= 0.3 is 5.97 Å². The normalized spacial score (nSPS) is 11.5. The Bertz CT molecular complexity index is 1590. The summed E-state index contributed by atoms with van der Waals surface area (Å²) in [7, 11) is 1.64. The van der Waals surface area contributed by atoms with Gasteiger partial charge in [0, 0.05) is 12.5 Å². The number of fused-ring (bicyclic) bond motifs is 1. The molecule has 0 fully saturated rings. The van der Waals surface area contributed by atoms with Gasteiger partial charge in [0.1, 0.15) is 5.75 Å². The third-order valence-electron chi connectivity index (χ3n) is 5.78. The zero-order valence-corrected chi connectivity index (χ0v) is 22.5. The topological polar surface area (TPSA) is 82.8 Å². The maximum atomic E-state index is 13.6. The fourth-order valence-electron chi connectivity index (χ4n) is 3.99. The molecule has 0 N–H and O–H groups in total. The zero-order chi connectivity index (χ0) is 26.9. The first-order valence-electron chi connectivity index (χ1n) is 11.5. The number of aromatic nitrogens is 2. The van der Waals surface area contributed by atoms with E-state index in [4.69, 9.17) is 37.7 Å². The van der Waals surface area contributed by atoms with E-state index in [1.165, 1.54) is 17.8 Å². The fraction of sp³-hybridized carbons (Fsp3) is 0.214. The van der Waals surface area contributed by atoms with E-state index < -0.39 is 5.97 Å². The van der Waals surface area contributed by atoms with E-state index in [9.17, 15) is 9.59 Å². The number of para-hydroxylation sites is 1. The number of hydrogen-bond donors (Lipinski definition) is 0. The molecule has 190 valence electrons. The molecule has 0 atom stereocenters. The molecule has 0 aliphatic carbocycles. The Balaban J connectivity index is 1.93. The molecular formula is C28H25Cl2N3O4. The third kappa shape index (κ3) is 5.38. The second-order valence-electron chi connectivity index (χ2n) is 8.79. The van der Waals surface area contributed by atoms with Crippen LogP contribution in [0.15, 0.2) is 58.4 Å². The molecular weight excluding hydrogens is 513 g/mol. The maximum absolute atomic E-state index is 13.6. The predicted octanol–water partition coefficient (Wildman–Crippen LogP) is 6.62. The summed E-state index contributed by atoms with van der Waals surface area (Å²) in [5.41, 5.74) is 3.36. The Kier molecular flexibility index (Phi) is 7.66. The Labute approximate surface area is 224 Å². The second kappa shape index (κ2) is 10.7. The molecule has 4 aromatic rings. The Morgan fingerprint density at radius 1 is 1.11 bits per heavy atom. The lowest BCUT2D eigenvalue weighted by molar-refractivity contribution is -0.131. The van der Waals surface area contributed by atoms with Crippen molar-refractivity contribution in [1.29, 1.82) is 0 Å². The first-order chi connectivity index (χ1) is 17.6. The molecule has 1 heterocycles. The number of benzene rings is 3. The SMILES string of the molecule is COc1cc(C)c(-c2nc3ccccc3c(=O)n2N=Cc2cc(Cl)c(OC(C)=O)c(Cl)c2)cc1C(C)C. The number of halogens is 2. The molecule has 0 spiro atoms. The summed E-state index contributed by atoms with van der Waals surface area (Å²) in [4.78, 5) is 29.7. The second-order valence-corrected chi connectivity index (χ2v) is 9.60. The minimum absolute atomic E-state index is 0.0632. The highest BCUT2D eigenvalue weighted by molar-refractivity contribution is 6.37. The average molecular weight is 538 g/mol. The molecule has 3 aromatic carbocycles. The number of ether oxygens (including phenoxy) is 2. The van der Waals surface area contributed by atoms with Crippen molar-refractivity contribution in [1.82, 2.24) is 9.66 Å². The third-order valence-corrected chi connectivity index (χ3v) is 6.34. The van der Waals surface area contributed by atoms with Crippen LogP contribution in [0.3, 0.4) is 0 Å². The molecule has 0 bridgehead atoms. The largest absolute Gasteiger partial charge is 0.496 e. The van der Waals surface area contributed by atoms with Gasteiger partial charge in [-0.05, 0) is 65.9 Å². The molecule has 0 aliphatic rings. The number of methoxy groups -OCH3 is 1. The van der Waals surface area contributed by atoms with Crippen molar-refractivity contribution in [2.24, 2.45) is 5.10 Å². The lowest BCUT2D eigenvalue weighted by atomic mass is 9.96. The lowest BCUT2D eigenvalue weighted by Crippen LogP contribution is -2.20. The van der Waals surface area contributed by atoms with Crippen molar-refractivity contribution in [2.45, 2.75) is 33.6 Å². The van der Waals surface area contributed by atoms with Gasteiger partial charge in [0.15, 0.2) is 11.6 Å². The van der Waals surface area contributed by atoms with Crippen LogP contribution in [0, 0.1) is 6.92 Å². The fourth-order valence-corrected chi connectivity index (χ4v) is 4.57. The minimum Gasteiger partial charge on any atom is -0.496 e. The number of carbonyl (C=O) groups is 1. The van der Waals surface area contributed by atoms with Crippen LogP contribution in [0.4, 0.5) is 0 Å².